The Balaban J connectivity index is 1.47. The summed E-state index contributed by atoms with van der Waals surface area (Å²) in [6.07, 6.45) is 1.26. The molecule has 0 radical (unpaired) electrons. The molecule has 2 aliphatic rings. The van der Waals surface area contributed by atoms with E-state index in [-0.39, 0.29) is 25.7 Å². The Bertz CT molecular complexity index is 1040. The number of benzene rings is 2. The number of carboxylic acids is 1. The van der Waals surface area contributed by atoms with Gasteiger partial charge in [-0.1, -0.05) is 6.07 Å². The fraction of sp³-hybridized carbons (Fsp3) is 0.417. The van der Waals surface area contributed by atoms with E-state index >= 15 is 0 Å². The van der Waals surface area contributed by atoms with E-state index < -0.39 is 17.7 Å². The maximum absolute atomic E-state index is 12.1. The Labute approximate surface area is 186 Å². The van der Waals surface area contributed by atoms with E-state index in [1.54, 1.807) is 32.9 Å². The van der Waals surface area contributed by atoms with E-state index in [1.165, 1.54) is 0 Å². The fourth-order valence-corrected chi connectivity index (χ4v) is 4.04. The lowest BCUT2D eigenvalue weighted by atomic mass is 9.98. The van der Waals surface area contributed by atoms with E-state index in [4.69, 9.17) is 24.1 Å². The number of anilines is 1. The maximum Gasteiger partial charge on any atom is 0.412 e. The Morgan fingerprint density at radius 3 is 2.75 bits per heavy atom. The molecule has 0 saturated heterocycles. The van der Waals surface area contributed by atoms with Crippen molar-refractivity contribution in [1.29, 1.82) is 0 Å². The Morgan fingerprint density at radius 1 is 1.19 bits per heavy atom. The van der Waals surface area contributed by atoms with Crippen molar-refractivity contribution < 1.29 is 33.6 Å². The van der Waals surface area contributed by atoms with Crippen molar-refractivity contribution in [2.75, 3.05) is 12.1 Å². The smallest absolute Gasteiger partial charge is 0.412 e. The van der Waals surface area contributed by atoms with Gasteiger partial charge in [-0.05, 0) is 68.9 Å². The van der Waals surface area contributed by atoms with Gasteiger partial charge in [-0.3, -0.25) is 10.1 Å². The Morgan fingerprint density at radius 2 is 2.00 bits per heavy atom. The maximum atomic E-state index is 12.1. The zero-order chi connectivity index (χ0) is 22.9. The molecule has 1 atom stereocenters. The second-order valence-electron chi connectivity index (χ2n) is 8.98. The monoisotopic (exact) mass is 441 g/mol. The van der Waals surface area contributed by atoms with Gasteiger partial charge in [0.2, 0.25) is 6.79 Å². The summed E-state index contributed by atoms with van der Waals surface area (Å²) in [5.74, 6) is 1.09. The Hall–Kier alpha value is -3.42. The van der Waals surface area contributed by atoms with E-state index in [0.717, 1.165) is 29.5 Å². The standard InChI is InChI=1S/C24H27NO7/c1-24(2,3)32-23(28)25-17-8-16(22-20(11-17)30-13-31-22)12-29-18-6-7-19-14(9-18)4-5-15(19)10-21(26)27/h6-9,11,15H,4-5,10,12-13H2,1-3H3,(H,25,28)(H,26,27). The first-order valence-corrected chi connectivity index (χ1v) is 10.6. The molecule has 1 aliphatic heterocycles. The molecule has 32 heavy (non-hydrogen) atoms. The molecule has 170 valence electrons. The molecule has 2 aromatic carbocycles. The highest BCUT2D eigenvalue weighted by Gasteiger charge is 2.26. The van der Waals surface area contributed by atoms with Crippen molar-refractivity contribution in [3.63, 3.8) is 0 Å². The van der Waals surface area contributed by atoms with Crippen LogP contribution in [0.2, 0.25) is 0 Å². The van der Waals surface area contributed by atoms with Crippen LogP contribution < -0.4 is 19.5 Å². The molecule has 1 heterocycles. The molecule has 0 bridgehead atoms. The van der Waals surface area contributed by atoms with Crippen molar-refractivity contribution in [3.05, 3.63) is 47.0 Å². The van der Waals surface area contributed by atoms with Gasteiger partial charge in [-0.15, -0.1) is 0 Å². The van der Waals surface area contributed by atoms with Crippen LogP contribution in [-0.4, -0.2) is 29.6 Å². The van der Waals surface area contributed by atoms with Gasteiger partial charge in [-0.2, -0.15) is 0 Å². The summed E-state index contributed by atoms with van der Waals surface area (Å²) in [5.41, 5.74) is 2.85. The molecular formula is C24H27NO7. The van der Waals surface area contributed by atoms with Crippen molar-refractivity contribution in [1.82, 2.24) is 0 Å². The highest BCUT2D eigenvalue weighted by molar-refractivity contribution is 5.86. The van der Waals surface area contributed by atoms with Gasteiger partial charge in [0.25, 0.3) is 0 Å². The second-order valence-corrected chi connectivity index (χ2v) is 8.98. The molecule has 0 fully saturated rings. The van der Waals surface area contributed by atoms with E-state index in [2.05, 4.69) is 5.32 Å². The van der Waals surface area contributed by atoms with Crippen LogP contribution in [-0.2, 0) is 22.6 Å². The first kappa shape index (κ1) is 21.8. The zero-order valence-corrected chi connectivity index (χ0v) is 18.4. The van der Waals surface area contributed by atoms with Gasteiger partial charge in [0.15, 0.2) is 11.5 Å². The van der Waals surface area contributed by atoms with Crippen molar-refractivity contribution >= 4 is 17.7 Å². The number of carbonyl (C=O) groups is 2. The molecule has 0 saturated carbocycles. The van der Waals surface area contributed by atoms with Crippen LogP contribution in [0.4, 0.5) is 10.5 Å². The third kappa shape index (κ3) is 5.07. The van der Waals surface area contributed by atoms with Gasteiger partial charge >= 0.3 is 12.1 Å². The number of amides is 1. The third-order valence-electron chi connectivity index (χ3n) is 5.33. The van der Waals surface area contributed by atoms with Gasteiger partial charge in [0.05, 0.1) is 6.42 Å². The molecule has 0 aromatic heterocycles. The van der Waals surface area contributed by atoms with Gasteiger partial charge in [0, 0.05) is 17.3 Å². The SMILES string of the molecule is CC(C)(C)OC(=O)Nc1cc(COc2ccc3c(c2)CCC3CC(=O)O)c2c(c1)OCO2. The fourth-order valence-electron chi connectivity index (χ4n) is 4.04. The average molecular weight is 441 g/mol. The number of hydrogen-bond donors (Lipinski definition) is 2. The van der Waals surface area contributed by atoms with Crippen LogP contribution in [0.25, 0.3) is 0 Å². The topological polar surface area (TPSA) is 103 Å². The lowest BCUT2D eigenvalue weighted by Gasteiger charge is -2.20. The molecule has 8 heteroatoms. The number of hydrogen-bond acceptors (Lipinski definition) is 6. The van der Waals surface area contributed by atoms with Crippen LogP contribution >= 0.6 is 0 Å². The van der Waals surface area contributed by atoms with Gasteiger partial charge in [0.1, 0.15) is 18.0 Å². The van der Waals surface area contributed by atoms with Crippen molar-refractivity contribution in [3.8, 4) is 17.2 Å². The highest BCUT2D eigenvalue weighted by Crippen LogP contribution is 2.40. The minimum Gasteiger partial charge on any atom is -0.489 e. The number of aliphatic carboxylic acids is 1. The zero-order valence-electron chi connectivity index (χ0n) is 18.4. The second kappa shape index (κ2) is 8.61. The number of rotatable bonds is 6. The average Bonchev–Trinajstić information content (AvgIpc) is 3.31. The van der Waals surface area contributed by atoms with Crippen LogP contribution in [0.5, 0.6) is 17.2 Å². The summed E-state index contributed by atoms with van der Waals surface area (Å²) in [4.78, 5) is 23.2. The lowest BCUT2D eigenvalue weighted by molar-refractivity contribution is -0.137. The number of ether oxygens (including phenoxy) is 4. The largest absolute Gasteiger partial charge is 0.489 e. The van der Waals surface area contributed by atoms with E-state index in [1.807, 2.05) is 18.2 Å². The molecule has 2 aromatic rings. The number of carbonyl (C=O) groups excluding carboxylic acids is 1. The molecule has 1 amide bonds. The predicted octanol–water partition coefficient (Wildman–Crippen LogP) is 4.85. The summed E-state index contributed by atoms with van der Waals surface area (Å²) in [6, 6.07) is 9.24. The van der Waals surface area contributed by atoms with Crippen LogP contribution in [0.1, 0.15) is 56.2 Å². The summed E-state index contributed by atoms with van der Waals surface area (Å²) < 4.78 is 22.4. The molecular weight excluding hydrogens is 414 g/mol. The summed E-state index contributed by atoms with van der Waals surface area (Å²) >= 11 is 0. The minimum absolute atomic E-state index is 0.0565. The number of fused-ring (bicyclic) bond motifs is 2. The molecule has 1 unspecified atom stereocenters. The third-order valence-corrected chi connectivity index (χ3v) is 5.33. The summed E-state index contributed by atoms with van der Waals surface area (Å²) in [6.45, 7) is 5.71. The quantitative estimate of drug-likeness (QED) is 0.661. The molecule has 0 spiro atoms. The van der Waals surface area contributed by atoms with Crippen molar-refractivity contribution in [2.24, 2.45) is 0 Å². The lowest BCUT2D eigenvalue weighted by Crippen LogP contribution is -2.27. The van der Waals surface area contributed by atoms with E-state index in [9.17, 15) is 9.59 Å². The molecule has 8 nitrogen and oxygen atoms in total. The van der Waals surface area contributed by atoms with Crippen LogP contribution in [0.3, 0.4) is 0 Å². The van der Waals surface area contributed by atoms with Crippen molar-refractivity contribution in [2.45, 2.75) is 58.2 Å². The molecule has 4 rings (SSSR count). The number of nitrogens with one attached hydrogen (secondary N) is 1. The number of carboxylic acid groups (broad SMARTS) is 1. The van der Waals surface area contributed by atoms with Gasteiger partial charge in [-0.25, -0.2) is 4.79 Å². The van der Waals surface area contributed by atoms with Crippen LogP contribution in [0, 0.1) is 0 Å². The summed E-state index contributed by atoms with van der Waals surface area (Å²) in [7, 11) is 0. The predicted molar refractivity (Wildman–Crippen MR) is 117 cm³/mol. The first-order valence-electron chi connectivity index (χ1n) is 10.6. The minimum atomic E-state index is -0.779. The normalized spacial score (nSPS) is 16.4. The molecule has 2 N–H and O–H groups in total. The van der Waals surface area contributed by atoms with Gasteiger partial charge < -0.3 is 24.1 Å². The van der Waals surface area contributed by atoms with E-state index in [0.29, 0.717) is 22.9 Å². The number of aryl methyl sites for hydroxylation is 1. The highest BCUT2D eigenvalue weighted by atomic mass is 16.7. The first-order chi connectivity index (χ1) is 15.2. The molecule has 1 aliphatic carbocycles. The summed E-state index contributed by atoms with van der Waals surface area (Å²) in [5, 5.41) is 11.8. The Kier molecular flexibility index (Phi) is 5.86. The van der Waals surface area contributed by atoms with Crippen LogP contribution in [0.15, 0.2) is 30.3 Å².